The van der Waals surface area contributed by atoms with Crippen molar-refractivity contribution in [1.82, 2.24) is 9.91 Å². The molecule has 0 spiro atoms. The number of fused-ring (bicyclic) bond motifs is 1. The van der Waals surface area contributed by atoms with Gasteiger partial charge in [-0.2, -0.15) is 10.0 Å². The van der Waals surface area contributed by atoms with Crippen LogP contribution in [0.25, 0.3) is 0 Å². The molecule has 0 saturated carbocycles. The van der Waals surface area contributed by atoms with E-state index in [0.717, 1.165) is 75.1 Å². The van der Waals surface area contributed by atoms with Crippen molar-refractivity contribution in [3.05, 3.63) is 0 Å². The molecule has 5 rings (SSSR count). The summed E-state index contributed by atoms with van der Waals surface area (Å²) in [5.41, 5.74) is 0.162. The molecule has 8 nitrogen and oxygen atoms in total. The number of nitrogens with one attached hydrogen (secondary N) is 1. The molecule has 0 aromatic rings. The molecule has 170 valence electrons. The first-order chi connectivity index (χ1) is 15.1. The maximum atomic E-state index is 12.7. The highest BCUT2D eigenvalue weighted by molar-refractivity contribution is 8.26. The maximum absolute atomic E-state index is 12.7. The van der Waals surface area contributed by atoms with Gasteiger partial charge in [-0.3, -0.25) is 10.2 Å². The predicted molar refractivity (Wildman–Crippen MR) is 124 cm³/mol. The van der Waals surface area contributed by atoms with Crippen LogP contribution in [-0.4, -0.2) is 75.1 Å². The fraction of sp³-hybridized carbons (Fsp3) is 0.810. The Balaban J connectivity index is 1.16. The Labute approximate surface area is 192 Å². The van der Waals surface area contributed by atoms with Crippen molar-refractivity contribution >= 4 is 45.6 Å². The highest BCUT2D eigenvalue weighted by Crippen LogP contribution is 2.36. The number of carbonyl (C=O) groups excluding carboxylic acids is 1. The maximum Gasteiger partial charge on any atom is 0.259 e. The van der Waals surface area contributed by atoms with Gasteiger partial charge in [0.1, 0.15) is 17.2 Å². The first-order valence-electron chi connectivity index (χ1n) is 11.5. The summed E-state index contributed by atoms with van der Waals surface area (Å²) in [6, 6.07) is 0. The Hall–Kier alpha value is -1.10. The first kappa shape index (κ1) is 21.7. The minimum absolute atomic E-state index is 0.00432. The van der Waals surface area contributed by atoms with Gasteiger partial charge in [-0.15, -0.1) is 16.9 Å². The summed E-state index contributed by atoms with van der Waals surface area (Å²) in [7, 11) is 0. The summed E-state index contributed by atoms with van der Waals surface area (Å²) in [6.45, 7) is 5.10. The number of likely N-dealkylation sites (tertiary alicyclic amines) is 1. The number of amides is 1. The van der Waals surface area contributed by atoms with Crippen molar-refractivity contribution in [2.24, 2.45) is 21.9 Å². The van der Waals surface area contributed by atoms with Gasteiger partial charge in [-0.05, 0) is 62.6 Å². The third-order valence-electron chi connectivity index (χ3n) is 6.72. The van der Waals surface area contributed by atoms with Gasteiger partial charge in [0.05, 0.1) is 12.2 Å². The van der Waals surface area contributed by atoms with Crippen LogP contribution in [0.3, 0.4) is 0 Å². The Morgan fingerprint density at radius 2 is 2.00 bits per heavy atom. The largest absolute Gasteiger partial charge is 0.377 e. The van der Waals surface area contributed by atoms with Crippen LogP contribution in [0.2, 0.25) is 0 Å². The molecule has 0 bridgehead atoms. The van der Waals surface area contributed by atoms with Gasteiger partial charge >= 0.3 is 0 Å². The van der Waals surface area contributed by atoms with Crippen LogP contribution >= 0.6 is 23.5 Å². The lowest BCUT2D eigenvalue weighted by Gasteiger charge is -2.30. The minimum Gasteiger partial charge on any atom is -0.377 e. The number of piperidine rings is 1. The Morgan fingerprint density at radius 1 is 1.16 bits per heavy atom. The highest BCUT2D eigenvalue weighted by Gasteiger charge is 2.42. The Bertz CT molecular complexity index is 777. The molecule has 5 aliphatic heterocycles. The number of carbonyl (C=O) groups is 1. The number of aliphatic imine (C=N–C) groups is 1. The highest BCUT2D eigenvalue weighted by atomic mass is 32.2. The zero-order chi connectivity index (χ0) is 21.4. The minimum atomic E-state index is -0.569. The number of amidine groups is 3. The van der Waals surface area contributed by atoms with E-state index in [1.165, 1.54) is 11.8 Å². The molecule has 0 aliphatic carbocycles. The normalized spacial score (nSPS) is 34.4. The van der Waals surface area contributed by atoms with Crippen molar-refractivity contribution in [3.63, 3.8) is 0 Å². The lowest BCUT2D eigenvalue weighted by Crippen LogP contribution is -2.42. The fourth-order valence-electron chi connectivity index (χ4n) is 4.70. The van der Waals surface area contributed by atoms with Gasteiger partial charge in [0.2, 0.25) is 5.17 Å². The molecule has 1 amide bonds. The van der Waals surface area contributed by atoms with Gasteiger partial charge in [0, 0.05) is 25.4 Å². The number of rotatable bonds is 5. The predicted octanol–water partition coefficient (Wildman–Crippen LogP) is 3.34. The SMILES string of the molecule is CC1CCN(C2=NN3C(=N)C(CC4CCC(SCC5CCCO5)O4)C(=O)N=C3S2)CC1. The molecule has 5 aliphatic rings. The number of hydrazone groups is 1. The van der Waals surface area contributed by atoms with Crippen molar-refractivity contribution in [2.75, 3.05) is 25.4 Å². The fourth-order valence-corrected chi connectivity index (χ4v) is 6.89. The van der Waals surface area contributed by atoms with Gasteiger partial charge < -0.3 is 14.4 Å². The molecule has 1 N–H and O–H groups in total. The average Bonchev–Trinajstić information content (AvgIpc) is 3.51. The van der Waals surface area contributed by atoms with E-state index in [9.17, 15) is 4.79 Å². The summed E-state index contributed by atoms with van der Waals surface area (Å²) in [5, 5.41) is 16.3. The molecule has 0 aromatic heterocycles. The number of ether oxygens (including phenoxy) is 2. The molecule has 4 unspecified atom stereocenters. The Kier molecular flexibility index (Phi) is 6.59. The Morgan fingerprint density at radius 3 is 2.77 bits per heavy atom. The summed E-state index contributed by atoms with van der Waals surface area (Å²) in [4.78, 5) is 19.3. The second-order valence-corrected chi connectivity index (χ2v) is 11.2. The molecular formula is C21H31N5O3S2. The van der Waals surface area contributed by atoms with E-state index in [1.54, 1.807) is 5.01 Å². The van der Waals surface area contributed by atoms with Crippen LogP contribution in [0.15, 0.2) is 10.1 Å². The molecule has 0 aromatic carbocycles. The van der Waals surface area contributed by atoms with Gasteiger partial charge in [-0.1, -0.05) is 6.92 Å². The lowest BCUT2D eigenvalue weighted by atomic mass is 9.97. The van der Waals surface area contributed by atoms with E-state index in [-0.39, 0.29) is 23.3 Å². The van der Waals surface area contributed by atoms with Crippen LogP contribution in [0, 0.1) is 17.2 Å². The van der Waals surface area contributed by atoms with Gasteiger partial charge in [-0.25, -0.2) is 0 Å². The van der Waals surface area contributed by atoms with Crippen LogP contribution in [0.5, 0.6) is 0 Å². The molecule has 4 atom stereocenters. The summed E-state index contributed by atoms with van der Waals surface area (Å²) >= 11 is 3.24. The van der Waals surface area contributed by atoms with Gasteiger partial charge in [0.25, 0.3) is 5.91 Å². The lowest BCUT2D eigenvalue weighted by molar-refractivity contribution is -0.121. The third kappa shape index (κ3) is 4.82. The smallest absolute Gasteiger partial charge is 0.259 e. The molecule has 0 radical (unpaired) electrons. The molecular weight excluding hydrogens is 434 g/mol. The summed E-state index contributed by atoms with van der Waals surface area (Å²) < 4.78 is 11.9. The zero-order valence-corrected chi connectivity index (χ0v) is 19.6. The van der Waals surface area contributed by atoms with Crippen molar-refractivity contribution in [2.45, 2.75) is 69.5 Å². The summed E-state index contributed by atoms with van der Waals surface area (Å²) in [6.07, 6.45) is 7.37. The second kappa shape index (κ2) is 9.41. The zero-order valence-electron chi connectivity index (χ0n) is 18.0. The number of thioether (sulfide) groups is 2. The van der Waals surface area contributed by atoms with E-state index < -0.39 is 5.92 Å². The number of nitrogens with zero attached hydrogens (tertiary/aromatic N) is 4. The third-order valence-corrected chi connectivity index (χ3v) is 8.98. The quantitative estimate of drug-likeness (QED) is 0.666. The average molecular weight is 466 g/mol. The number of hydrogen-bond donors (Lipinski definition) is 1. The monoisotopic (exact) mass is 465 g/mol. The number of hydrogen-bond acceptors (Lipinski definition) is 8. The molecule has 3 fully saturated rings. The summed E-state index contributed by atoms with van der Waals surface area (Å²) in [5.74, 6) is 1.15. The van der Waals surface area contributed by atoms with Crippen LogP contribution < -0.4 is 0 Å². The standard InChI is InChI=1S/C21H31N5O3S2/c1-13-6-8-25(9-7-13)21-24-26-18(22)16(19(27)23-20(26)31-21)11-14-4-5-17(29-14)30-12-15-3-2-10-28-15/h13-17,22H,2-12H2,1H3. The van der Waals surface area contributed by atoms with Crippen molar-refractivity contribution in [1.29, 1.82) is 5.41 Å². The van der Waals surface area contributed by atoms with Crippen LogP contribution in [-0.2, 0) is 14.3 Å². The van der Waals surface area contributed by atoms with Crippen LogP contribution in [0.1, 0.15) is 51.9 Å². The van der Waals surface area contributed by atoms with Crippen LogP contribution in [0.4, 0.5) is 0 Å². The van der Waals surface area contributed by atoms with Gasteiger partial charge in [0.15, 0.2) is 5.17 Å². The molecule has 5 heterocycles. The van der Waals surface area contributed by atoms with E-state index in [1.807, 2.05) is 11.8 Å². The van der Waals surface area contributed by atoms with Crippen molar-refractivity contribution in [3.8, 4) is 0 Å². The first-order valence-corrected chi connectivity index (χ1v) is 13.3. The van der Waals surface area contributed by atoms with E-state index in [4.69, 9.17) is 14.9 Å². The van der Waals surface area contributed by atoms with E-state index in [0.29, 0.717) is 17.7 Å². The van der Waals surface area contributed by atoms with Crippen molar-refractivity contribution < 1.29 is 14.3 Å². The molecule has 3 saturated heterocycles. The van der Waals surface area contributed by atoms with E-state index >= 15 is 0 Å². The second-order valence-electron chi connectivity index (χ2n) is 9.11. The molecule has 10 heteroatoms. The van der Waals surface area contributed by atoms with E-state index in [2.05, 4.69) is 21.9 Å². The topological polar surface area (TPSA) is 90.6 Å². The molecule has 31 heavy (non-hydrogen) atoms.